The number of carboxylic acids is 1. The van der Waals surface area contributed by atoms with E-state index in [4.69, 9.17) is 21.7 Å². The van der Waals surface area contributed by atoms with Gasteiger partial charge < -0.3 is 40.5 Å². The fourth-order valence-electron chi connectivity index (χ4n) is 4.55. The van der Waals surface area contributed by atoms with Gasteiger partial charge in [-0.15, -0.1) is 0 Å². The van der Waals surface area contributed by atoms with Gasteiger partial charge in [0.1, 0.15) is 30.5 Å². The zero-order chi connectivity index (χ0) is 30.3. The molecule has 2 aromatic carbocycles. The minimum Gasteiger partial charge on any atom is -0.480 e. The van der Waals surface area contributed by atoms with Crippen LogP contribution in [0, 0.1) is 5.92 Å². The van der Waals surface area contributed by atoms with E-state index in [0.717, 1.165) is 15.4 Å². The quantitative estimate of drug-likeness (QED) is 0.182. The lowest BCUT2D eigenvalue weighted by atomic mass is 9.99. The van der Waals surface area contributed by atoms with E-state index >= 15 is 0 Å². The first-order valence-electron chi connectivity index (χ1n) is 13.0. The summed E-state index contributed by atoms with van der Waals surface area (Å²) in [6.45, 7) is 2.97. The standard InChI is InChI=1S/C27H37N3O9S2/c1-16(2)21(25(34)35)30(41(36,37)19-11-9-18(10-12-19)17-7-5-4-6-8-17)14-13-28-27(40)29-15-20-22(31)23(32)24(33)26(38-3)39-20/h4-12,16,20-24,26,31-33H,13-15H2,1-3H3,(H,34,35)(H2,28,29,40)/t20-,21-,22-,23+,24-,26-/m1/s1. The SMILES string of the molecule is CO[C@@H]1O[C@H](CNC(=S)NCCN([C@@H](C(=O)O)C(C)C)S(=O)(=O)c2ccc(-c3ccccc3)cc2)[C@@H](O)[C@H](O)[C@H]1O. The van der Waals surface area contributed by atoms with E-state index in [9.17, 15) is 33.6 Å². The Morgan fingerprint density at radius 1 is 1.00 bits per heavy atom. The molecule has 14 heteroatoms. The molecule has 1 aliphatic rings. The number of aliphatic carboxylic acids is 1. The van der Waals surface area contributed by atoms with Crippen molar-refractivity contribution in [1.82, 2.24) is 14.9 Å². The van der Waals surface area contributed by atoms with Gasteiger partial charge in [-0.25, -0.2) is 8.42 Å². The molecule has 6 N–H and O–H groups in total. The summed E-state index contributed by atoms with van der Waals surface area (Å²) < 4.78 is 38.7. The predicted molar refractivity (Wildman–Crippen MR) is 154 cm³/mol. The first-order chi connectivity index (χ1) is 19.4. The van der Waals surface area contributed by atoms with E-state index in [-0.39, 0.29) is 29.6 Å². The number of aliphatic hydroxyl groups is 3. The maximum absolute atomic E-state index is 13.7. The summed E-state index contributed by atoms with van der Waals surface area (Å²) in [5.74, 6) is -1.81. The Kier molecular flexibility index (Phi) is 11.6. The van der Waals surface area contributed by atoms with Crippen LogP contribution in [0.3, 0.4) is 0 Å². The van der Waals surface area contributed by atoms with Crippen LogP contribution in [0.2, 0.25) is 0 Å². The van der Waals surface area contributed by atoms with Crippen molar-refractivity contribution in [2.75, 3.05) is 26.7 Å². The minimum atomic E-state index is -4.21. The van der Waals surface area contributed by atoms with Crippen molar-refractivity contribution in [3.8, 4) is 11.1 Å². The highest BCUT2D eigenvalue weighted by molar-refractivity contribution is 7.89. The van der Waals surface area contributed by atoms with Gasteiger partial charge in [0.05, 0.1) is 4.90 Å². The monoisotopic (exact) mass is 611 g/mol. The van der Waals surface area contributed by atoms with E-state index in [1.807, 2.05) is 30.3 Å². The number of methoxy groups -OCH3 is 1. The molecule has 1 heterocycles. The number of hydrogen-bond donors (Lipinski definition) is 6. The van der Waals surface area contributed by atoms with Crippen LogP contribution in [0.4, 0.5) is 0 Å². The number of thiocarbonyl (C=S) groups is 1. The summed E-state index contributed by atoms with van der Waals surface area (Å²) in [5, 5.41) is 45.8. The molecular weight excluding hydrogens is 574 g/mol. The Morgan fingerprint density at radius 2 is 1.61 bits per heavy atom. The molecule has 2 aromatic rings. The largest absolute Gasteiger partial charge is 0.480 e. The van der Waals surface area contributed by atoms with Gasteiger partial charge >= 0.3 is 5.97 Å². The lowest BCUT2D eigenvalue weighted by Gasteiger charge is -2.39. The van der Waals surface area contributed by atoms with E-state index < -0.39 is 58.7 Å². The van der Waals surface area contributed by atoms with Crippen molar-refractivity contribution in [3.63, 3.8) is 0 Å². The number of ether oxygens (including phenoxy) is 2. The number of rotatable bonds is 12. The average Bonchev–Trinajstić information content (AvgIpc) is 2.95. The van der Waals surface area contributed by atoms with Gasteiger partial charge in [0.25, 0.3) is 0 Å². The van der Waals surface area contributed by atoms with E-state index in [1.165, 1.54) is 19.2 Å². The van der Waals surface area contributed by atoms with Crippen LogP contribution in [0.25, 0.3) is 11.1 Å². The molecule has 6 atom stereocenters. The molecule has 226 valence electrons. The Hall–Kier alpha value is -2.69. The number of benzene rings is 2. The van der Waals surface area contributed by atoms with Gasteiger partial charge in [-0.1, -0.05) is 56.3 Å². The van der Waals surface area contributed by atoms with Crippen molar-refractivity contribution in [3.05, 3.63) is 54.6 Å². The van der Waals surface area contributed by atoms with Crippen LogP contribution in [-0.4, -0.2) is 108 Å². The minimum absolute atomic E-state index is 0.0280. The third-order valence-corrected chi connectivity index (χ3v) is 8.93. The molecule has 0 unspecified atom stereocenters. The fraction of sp³-hybridized carbons (Fsp3) is 0.481. The first kappa shape index (κ1) is 32.8. The normalized spacial score (nSPS) is 23.8. The highest BCUT2D eigenvalue weighted by atomic mass is 32.2. The zero-order valence-electron chi connectivity index (χ0n) is 23.0. The number of aliphatic hydroxyl groups excluding tert-OH is 3. The fourth-order valence-corrected chi connectivity index (χ4v) is 6.45. The lowest BCUT2D eigenvalue weighted by Crippen LogP contribution is -2.60. The van der Waals surface area contributed by atoms with Gasteiger partial charge in [0.2, 0.25) is 10.0 Å². The molecular formula is C27H37N3O9S2. The van der Waals surface area contributed by atoms with Crippen LogP contribution in [0.15, 0.2) is 59.5 Å². The maximum Gasteiger partial charge on any atom is 0.322 e. The summed E-state index contributed by atoms with van der Waals surface area (Å²) in [4.78, 5) is 12.1. The Morgan fingerprint density at radius 3 is 2.17 bits per heavy atom. The summed E-state index contributed by atoms with van der Waals surface area (Å²) in [6.07, 6.45) is -6.45. The lowest BCUT2D eigenvalue weighted by molar-refractivity contribution is -0.288. The smallest absolute Gasteiger partial charge is 0.322 e. The third-order valence-electron chi connectivity index (χ3n) is 6.75. The second kappa shape index (κ2) is 14.5. The van der Waals surface area contributed by atoms with Crippen molar-refractivity contribution in [2.45, 2.75) is 55.5 Å². The topological polar surface area (TPSA) is 178 Å². The van der Waals surface area contributed by atoms with Crippen molar-refractivity contribution in [2.24, 2.45) is 5.92 Å². The number of carbonyl (C=O) groups is 1. The van der Waals surface area contributed by atoms with Gasteiger partial charge in [-0.05, 0) is 41.4 Å². The molecule has 0 amide bonds. The van der Waals surface area contributed by atoms with E-state index in [1.54, 1.807) is 26.0 Å². The molecule has 0 bridgehead atoms. The van der Waals surface area contributed by atoms with Crippen molar-refractivity contribution in [1.29, 1.82) is 0 Å². The molecule has 0 saturated carbocycles. The number of nitrogens with zero attached hydrogens (tertiary/aromatic N) is 1. The zero-order valence-corrected chi connectivity index (χ0v) is 24.6. The van der Waals surface area contributed by atoms with Crippen molar-refractivity contribution < 1.29 is 43.1 Å². The summed E-state index contributed by atoms with van der Waals surface area (Å²) in [7, 11) is -2.93. The number of sulfonamides is 1. The summed E-state index contributed by atoms with van der Waals surface area (Å²) >= 11 is 5.25. The van der Waals surface area contributed by atoms with Gasteiger partial charge in [-0.2, -0.15) is 4.31 Å². The van der Waals surface area contributed by atoms with Crippen LogP contribution in [-0.2, 0) is 24.3 Å². The van der Waals surface area contributed by atoms with Gasteiger partial charge in [0.15, 0.2) is 11.4 Å². The molecule has 0 aromatic heterocycles. The molecule has 0 spiro atoms. The second-order valence-corrected chi connectivity index (χ2v) is 12.2. The molecule has 0 radical (unpaired) electrons. The number of nitrogens with one attached hydrogen (secondary N) is 2. The second-order valence-electron chi connectivity index (χ2n) is 9.92. The van der Waals surface area contributed by atoms with Gasteiger partial charge in [0, 0.05) is 26.7 Å². The highest BCUT2D eigenvalue weighted by Crippen LogP contribution is 2.26. The average molecular weight is 612 g/mol. The summed E-state index contributed by atoms with van der Waals surface area (Å²) in [6, 6.07) is 14.4. The van der Waals surface area contributed by atoms with Crippen LogP contribution >= 0.6 is 12.2 Å². The van der Waals surface area contributed by atoms with Crippen LogP contribution in [0.1, 0.15) is 13.8 Å². The molecule has 1 saturated heterocycles. The molecule has 0 aliphatic carbocycles. The molecule has 41 heavy (non-hydrogen) atoms. The van der Waals surface area contributed by atoms with Crippen LogP contribution < -0.4 is 10.6 Å². The Balaban J connectivity index is 1.69. The molecule has 3 rings (SSSR count). The highest BCUT2D eigenvalue weighted by Gasteiger charge is 2.44. The maximum atomic E-state index is 13.7. The predicted octanol–water partition coefficient (Wildman–Crippen LogP) is 0.372. The number of carboxylic acid groups (broad SMARTS) is 1. The Bertz CT molecular complexity index is 1260. The molecule has 12 nitrogen and oxygen atoms in total. The third kappa shape index (κ3) is 7.99. The van der Waals surface area contributed by atoms with E-state index in [2.05, 4.69) is 10.6 Å². The van der Waals surface area contributed by atoms with Crippen molar-refractivity contribution >= 4 is 33.3 Å². The van der Waals surface area contributed by atoms with E-state index in [0.29, 0.717) is 0 Å². The van der Waals surface area contributed by atoms with Crippen LogP contribution in [0.5, 0.6) is 0 Å². The van der Waals surface area contributed by atoms with Gasteiger partial charge in [-0.3, -0.25) is 4.79 Å². The Labute approximate surface area is 245 Å². The first-order valence-corrected chi connectivity index (χ1v) is 14.9. The number of hydrogen-bond acceptors (Lipinski definition) is 9. The molecule has 1 aliphatic heterocycles. The molecule has 1 fully saturated rings. The summed E-state index contributed by atoms with van der Waals surface area (Å²) in [5.41, 5.74) is 1.73.